The molecule has 1 aliphatic heterocycles. The molecule has 1 aromatic carbocycles. The second-order valence-electron chi connectivity index (χ2n) is 5.94. The van der Waals surface area contributed by atoms with Gasteiger partial charge in [0.1, 0.15) is 0 Å². The van der Waals surface area contributed by atoms with Crippen LogP contribution in [0.1, 0.15) is 45.6 Å². The van der Waals surface area contributed by atoms with Crippen LogP contribution >= 0.6 is 0 Å². The molecule has 1 saturated heterocycles. The first-order chi connectivity index (χ1) is 9.40. The molecule has 1 amide bonds. The number of nitrogen functional groups attached to an aromatic ring is 1. The maximum atomic E-state index is 11.3. The minimum absolute atomic E-state index is 0.0914. The summed E-state index contributed by atoms with van der Waals surface area (Å²) in [6.45, 7) is 8.12. The third-order valence-corrected chi connectivity index (χ3v) is 4.15. The summed E-state index contributed by atoms with van der Waals surface area (Å²) in [6.07, 6.45) is 3.71. The molecule has 0 aromatic heterocycles. The SMILES string of the molecule is CC(=O)Nc1cc(N2[C@H](C)CCC[C@@H]2C)c(C)cc1N. The quantitative estimate of drug-likeness (QED) is 0.814. The maximum absolute atomic E-state index is 11.3. The smallest absolute Gasteiger partial charge is 0.221 e. The van der Waals surface area contributed by atoms with Crippen LogP contribution in [0.3, 0.4) is 0 Å². The highest BCUT2D eigenvalue weighted by Crippen LogP contribution is 2.35. The van der Waals surface area contributed by atoms with Gasteiger partial charge in [0.15, 0.2) is 0 Å². The van der Waals surface area contributed by atoms with Crippen LogP contribution in [0.2, 0.25) is 0 Å². The number of benzene rings is 1. The molecule has 2 atom stereocenters. The Bertz CT molecular complexity index is 503. The monoisotopic (exact) mass is 275 g/mol. The molecule has 0 bridgehead atoms. The lowest BCUT2D eigenvalue weighted by Crippen LogP contribution is -2.44. The van der Waals surface area contributed by atoms with Crippen LogP contribution in [0.15, 0.2) is 12.1 Å². The van der Waals surface area contributed by atoms with Crippen LogP contribution in [-0.4, -0.2) is 18.0 Å². The third kappa shape index (κ3) is 2.89. The predicted molar refractivity (Wildman–Crippen MR) is 85.1 cm³/mol. The molecule has 0 spiro atoms. The molecule has 4 nitrogen and oxygen atoms in total. The summed E-state index contributed by atoms with van der Waals surface area (Å²) >= 11 is 0. The second-order valence-corrected chi connectivity index (χ2v) is 5.94. The van der Waals surface area contributed by atoms with E-state index in [1.54, 1.807) is 0 Å². The average Bonchev–Trinajstić information content (AvgIpc) is 2.33. The average molecular weight is 275 g/mol. The first-order valence-electron chi connectivity index (χ1n) is 7.36. The van der Waals surface area contributed by atoms with Gasteiger partial charge in [0, 0.05) is 24.7 Å². The fourth-order valence-electron chi connectivity index (χ4n) is 3.19. The highest BCUT2D eigenvalue weighted by atomic mass is 16.1. The lowest BCUT2D eigenvalue weighted by Gasteiger charge is -2.42. The Morgan fingerprint density at radius 1 is 1.30 bits per heavy atom. The summed E-state index contributed by atoms with van der Waals surface area (Å²) in [6, 6.07) is 5.01. The summed E-state index contributed by atoms with van der Waals surface area (Å²) in [4.78, 5) is 13.7. The zero-order chi connectivity index (χ0) is 14.9. The lowest BCUT2D eigenvalue weighted by molar-refractivity contribution is -0.114. The first kappa shape index (κ1) is 14.7. The van der Waals surface area contributed by atoms with Gasteiger partial charge >= 0.3 is 0 Å². The molecule has 2 rings (SSSR count). The van der Waals surface area contributed by atoms with Gasteiger partial charge in [0.05, 0.1) is 11.4 Å². The molecule has 1 fully saturated rings. The Balaban J connectivity index is 2.41. The van der Waals surface area contributed by atoms with Crippen LogP contribution in [0.4, 0.5) is 17.1 Å². The van der Waals surface area contributed by atoms with Crippen molar-refractivity contribution in [3.05, 3.63) is 17.7 Å². The minimum atomic E-state index is -0.0914. The number of piperidine rings is 1. The molecule has 3 N–H and O–H groups in total. The van der Waals surface area contributed by atoms with Crippen molar-refractivity contribution >= 4 is 23.0 Å². The molecule has 1 heterocycles. The Morgan fingerprint density at radius 3 is 2.45 bits per heavy atom. The van der Waals surface area contributed by atoms with E-state index in [-0.39, 0.29) is 5.91 Å². The molecular formula is C16H25N3O. The number of rotatable bonds is 2. The number of hydrogen-bond acceptors (Lipinski definition) is 3. The van der Waals surface area contributed by atoms with Crippen LogP contribution in [0, 0.1) is 6.92 Å². The highest BCUT2D eigenvalue weighted by molar-refractivity contribution is 5.93. The topological polar surface area (TPSA) is 58.4 Å². The molecule has 0 unspecified atom stereocenters. The normalized spacial score (nSPS) is 22.7. The van der Waals surface area contributed by atoms with Gasteiger partial charge in [-0.2, -0.15) is 0 Å². The first-order valence-corrected chi connectivity index (χ1v) is 7.36. The van der Waals surface area contributed by atoms with E-state index < -0.39 is 0 Å². The van der Waals surface area contributed by atoms with E-state index in [1.807, 2.05) is 12.1 Å². The fourth-order valence-corrected chi connectivity index (χ4v) is 3.19. The molecule has 1 aliphatic rings. The number of anilines is 3. The minimum Gasteiger partial charge on any atom is -0.397 e. The molecule has 4 heteroatoms. The molecule has 110 valence electrons. The van der Waals surface area contributed by atoms with Crippen LogP contribution in [0.5, 0.6) is 0 Å². The number of amides is 1. The van der Waals surface area contributed by atoms with E-state index in [0.29, 0.717) is 23.5 Å². The van der Waals surface area contributed by atoms with E-state index >= 15 is 0 Å². The van der Waals surface area contributed by atoms with Crippen molar-refractivity contribution in [1.82, 2.24) is 0 Å². The van der Waals surface area contributed by atoms with Gasteiger partial charge in [-0.25, -0.2) is 0 Å². The standard InChI is InChI=1S/C16H25N3O/c1-10-8-14(17)15(18-13(4)20)9-16(10)19-11(2)6-5-7-12(19)3/h8-9,11-12H,5-7,17H2,1-4H3,(H,18,20)/t11-,12+. The molecule has 20 heavy (non-hydrogen) atoms. The molecule has 1 aromatic rings. The Hall–Kier alpha value is -1.71. The number of carbonyl (C=O) groups excluding carboxylic acids is 1. The number of nitrogens with two attached hydrogens (primary N) is 1. The van der Waals surface area contributed by atoms with Crippen LogP contribution in [0.25, 0.3) is 0 Å². The van der Waals surface area contributed by atoms with Crippen LogP contribution < -0.4 is 16.0 Å². The van der Waals surface area contributed by atoms with Crippen LogP contribution in [-0.2, 0) is 4.79 Å². The zero-order valence-corrected chi connectivity index (χ0v) is 12.9. The maximum Gasteiger partial charge on any atom is 0.221 e. The van der Waals surface area contributed by atoms with Crippen molar-refractivity contribution < 1.29 is 4.79 Å². The summed E-state index contributed by atoms with van der Waals surface area (Å²) in [5.41, 5.74) is 9.69. The number of nitrogens with zero attached hydrogens (tertiary/aromatic N) is 1. The predicted octanol–water partition coefficient (Wildman–Crippen LogP) is 3.30. The van der Waals surface area contributed by atoms with E-state index in [2.05, 4.69) is 31.0 Å². The highest BCUT2D eigenvalue weighted by Gasteiger charge is 2.26. The molecule has 0 saturated carbocycles. The molecule has 0 aliphatic carbocycles. The van der Waals surface area contributed by atoms with Crippen molar-refractivity contribution in [2.75, 3.05) is 16.0 Å². The zero-order valence-electron chi connectivity index (χ0n) is 12.9. The number of carbonyl (C=O) groups is 1. The lowest BCUT2D eigenvalue weighted by atomic mass is 9.95. The summed E-state index contributed by atoms with van der Waals surface area (Å²) in [5.74, 6) is -0.0914. The van der Waals surface area contributed by atoms with Crippen molar-refractivity contribution in [2.24, 2.45) is 0 Å². The second kappa shape index (κ2) is 5.73. The summed E-state index contributed by atoms with van der Waals surface area (Å²) in [5, 5.41) is 2.82. The summed E-state index contributed by atoms with van der Waals surface area (Å²) < 4.78 is 0. The largest absolute Gasteiger partial charge is 0.397 e. The Morgan fingerprint density at radius 2 is 1.90 bits per heavy atom. The Kier molecular flexibility index (Phi) is 4.21. The van der Waals surface area contributed by atoms with Gasteiger partial charge in [-0.1, -0.05) is 0 Å². The Labute approximate surface area is 121 Å². The number of aryl methyl sites for hydroxylation is 1. The van der Waals surface area contributed by atoms with E-state index in [9.17, 15) is 4.79 Å². The van der Waals surface area contributed by atoms with E-state index in [4.69, 9.17) is 5.73 Å². The van der Waals surface area contributed by atoms with Gasteiger partial charge in [0.2, 0.25) is 5.91 Å². The molecule has 0 radical (unpaired) electrons. The van der Waals surface area contributed by atoms with Gasteiger partial charge in [-0.3, -0.25) is 4.79 Å². The van der Waals surface area contributed by atoms with Gasteiger partial charge in [-0.15, -0.1) is 0 Å². The van der Waals surface area contributed by atoms with Gasteiger partial charge in [0.25, 0.3) is 0 Å². The summed E-state index contributed by atoms with van der Waals surface area (Å²) in [7, 11) is 0. The number of nitrogens with one attached hydrogen (secondary N) is 1. The fraction of sp³-hybridized carbons (Fsp3) is 0.562. The van der Waals surface area contributed by atoms with Gasteiger partial charge < -0.3 is 16.0 Å². The molecular weight excluding hydrogens is 250 g/mol. The third-order valence-electron chi connectivity index (χ3n) is 4.15. The van der Waals surface area contributed by atoms with Crippen molar-refractivity contribution in [3.63, 3.8) is 0 Å². The van der Waals surface area contributed by atoms with E-state index in [1.165, 1.54) is 31.9 Å². The van der Waals surface area contributed by atoms with Gasteiger partial charge in [-0.05, 0) is 57.7 Å². The van der Waals surface area contributed by atoms with Crippen molar-refractivity contribution in [3.8, 4) is 0 Å². The van der Waals surface area contributed by atoms with E-state index in [0.717, 1.165) is 5.56 Å². The number of hydrogen-bond donors (Lipinski definition) is 2. The van der Waals surface area contributed by atoms with Crippen molar-refractivity contribution in [2.45, 2.75) is 59.0 Å². The van der Waals surface area contributed by atoms with Crippen molar-refractivity contribution in [1.29, 1.82) is 0 Å².